The molecule has 2 rings (SSSR count). The molecule has 0 atom stereocenters. The minimum absolute atomic E-state index is 0.338. The second-order valence-electron chi connectivity index (χ2n) is 5.47. The fraction of sp³-hybridized carbons (Fsp3) is 0.562. The molecule has 1 fully saturated rings. The van der Waals surface area contributed by atoms with Crippen molar-refractivity contribution in [1.29, 1.82) is 0 Å². The summed E-state index contributed by atoms with van der Waals surface area (Å²) < 4.78 is 0. The summed E-state index contributed by atoms with van der Waals surface area (Å²) in [6.45, 7) is 4.20. The van der Waals surface area contributed by atoms with E-state index in [-0.39, 0.29) is 0 Å². The minimum atomic E-state index is 0.338. The van der Waals surface area contributed by atoms with Crippen molar-refractivity contribution in [1.82, 2.24) is 0 Å². The average Bonchev–Trinajstić information content (AvgIpc) is 2.28. The van der Waals surface area contributed by atoms with Crippen LogP contribution in [0.15, 0.2) is 18.2 Å². The first-order valence-electron chi connectivity index (χ1n) is 6.75. The number of benzene rings is 1. The Kier molecular flexibility index (Phi) is 3.98. The van der Waals surface area contributed by atoms with E-state index in [1.807, 2.05) is 0 Å². The van der Waals surface area contributed by atoms with Crippen LogP contribution in [-0.4, -0.2) is 5.78 Å². The third-order valence-corrected chi connectivity index (χ3v) is 3.72. The number of aryl methyl sites for hydroxylation is 2. The molecule has 0 bridgehead atoms. The summed E-state index contributed by atoms with van der Waals surface area (Å²) in [6, 6.07) is 6.45. The van der Waals surface area contributed by atoms with Crippen LogP contribution >= 0.6 is 0 Å². The van der Waals surface area contributed by atoms with Crippen molar-refractivity contribution in [2.45, 2.75) is 52.4 Å². The van der Waals surface area contributed by atoms with Crippen molar-refractivity contribution in [3.05, 3.63) is 34.9 Å². The molecule has 17 heavy (non-hydrogen) atoms. The van der Waals surface area contributed by atoms with E-state index >= 15 is 0 Å². The standard InChI is InChI=1S/C16H22O/c1-12-8-13(2)10-14(9-12)11-16(17)15-6-4-3-5-7-15/h8-10,15H,3-7,11H2,1-2H3. The van der Waals surface area contributed by atoms with Gasteiger partial charge in [0.1, 0.15) is 5.78 Å². The number of hydrogen-bond acceptors (Lipinski definition) is 1. The van der Waals surface area contributed by atoms with Crippen molar-refractivity contribution >= 4 is 5.78 Å². The molecule has 0 heterocycles. The van der Waals surface area contributed by atoms with Crippen LogP contribution in [-0.2, 0) is 11.2 Å². The minimum Gasteiger partial charge on any atom is -0.299 e. The second-order valence-corrected chi connectivity index (χ2v) is 5.47. The Morgan fingerprint density at radius 1 is 1.06 bits per heavy atom. The van der Waals surface area contributed by atoms with Gasteiger partial charge in [-0.25, -0.2) is 0 Å². The largest absolute Gasteiger partial charge is 0.299 e. The second kappa shape index (κ2) is 5.48. The Labute approximate surface area is 104 Å². The first-order valence-corrected chi connectivity index (χ1v) is 6.75. The Morgan fingerprint density at radius 2 is 1.65 bits per heavy atom. The summed E-state index contributed by atoms with van der Waals surface area (Å²) in [5.74, 6) is 0.791. The molecule has 1 aliphatic rings. The summed E-state index contributed by atoms with van der Waals surface area (Å²) in [4.78, 5) is 12.2. The van der Waals surface area contributed by atoms with Crippen LogP contribution in [0.1, 0.15) is 48.8 Å². The van der Waals surface area contributed by atoms with Gasteiger partial charge in [-0.2, -0.15) is 0 Å². The van der Waals surface area contributed by atoms with Gasteiger partial charge in [0.25, 0.3) is 0 Å². The Morgan fingerprint density at radius 3 is 2.24 bits per heavy atom. The van der Waals surface area contributed by atoms with E-state index in [0.29, 0.717) is 18.1 Å². The van der Waals surface area contributed by atoms with Gasteiger partial charge in [0.05, 0.1) is 0 Å². The van der Waals surface area contributed by atoms with Crippen molar-refractivity contribution in [2.24, 2.45) is 5.92 Å². The van der Waals surface area contributed by atoms with Crippen molar-refractivity contribution in [2.75, 3.05) is 0 Å². The third-order valence-electron chi connectivity index (χ3n) is 3.72. The summed E-state index contributed by atoms with van der Waals surface area (Å²) in [6.07, 6.45) is 6.65. The molecule has 1 aromatic rings. The predicted molar refractivity (Wildman–Crippen MR) is 71.2 cm³/mol. The first-order chi connectivity index (χ1) is 8.15. The molecule has 0 aliphatic heterocycles. The molecule has 0 radical (unpaired) electrons. The van der Waals surface area contributed by atoms with Gasteiger partial charge in [-0.3, -0.25) is 4.79 Å². The fourth-order valence-electron chi connectivity index (χ4n) is 2.94. The number of carbonyl (C=O) groups excluding carboxylic acids is 1. The summed E-state index contributed by atoms with van der Waals surface area (Å²) in [7, 11) is 0. The van der Waals surface area contributed by atoms with Crippen LogP contribution in [0.25, 0.3) is 0 Å². The molecule has 1 aromatic carbocycles. The zero-order valence-corrected chi connectivity index (χ0v) is 11.0. The van der Waals surface area contributed by atoms with E-state index in [1.54, 1.807) is 0 Å². The van der Waals surface area contributed by atoms with Crippen LogP contribution in [0.5, 0.6) is 0 Å². The van der Waals surface area contributed by atoms with E-state index in [1.165, 1.54) is 36.0 Å². The lowest BCUT2D eigenvalue weighted by Gasteiger charge is -2.20. The van der Waals surface area contributed by atoms with E-state index in [0.717, 1.165) is 12.8 Å². The van der Waals surface area contributed by atoms with Gasteiger partial charge in [-0.05, 0) is 32.3 Å². The maximum absolute atomic E-state index is 12.2. The van der Waals surface area contributed by atoms with Gasteiger partial charge < -0.3 is 0 Å². The number of rotatable bonds is 3. The zero-order chi connectivity index (χ0) is 12.3. The molecule has 0 spiro atoms. The highest BCUT2D eigenvalue weighted by Gasteiger charge is 2.20. The van der Waals surface area contributed by atoms with Crippen molar-refractivity contribution in [3.8, 4) is 0 Å². The molecule has 1 aliphatic carbocycles. The number of carbonyl (C=O) groups is 1. The SMILES string of the molecule is Cc1cc(C)cc(CC(=O)C2CCCCC2)c1. The maximum atomic E-state index is 12.2. The molecule has 1 heteroatoms. The van der Waals surface area contributed by atoms with Gasteiger partial charge in [0.15, 0.2) is 0 Å². The lowest BCUT2D eigenvalue weighted by molar-refractivity contribution is -0.123. The number of hydrogen-bond donors (Lipinski definition) is 0. The molecule has 0 amide bonds. The molecule has 0 aromatic heterocycles. The Hall–Kier alpha value is -1.11. The lowest BCUT2D eigenvalue weighted by Crippen LogP contribution is -2.19. The average molecular weight is 230 g/mol. The summed E-state index contributed by atoms with van der Waals surface area (Å²) in [5, 5.41) is 0. The smallest absolute Gasteiger partial charge is 0.140 e. The zero-order valence-electron chi connectivity index (χ0n) is 11.0. The van der Waals surface area contributed by atoms with Crippen LogP contribution in [0.3, 0.4) is 0 Å². The number of ketones is 1. The van der Waals surface area contributed by atoms with Crippen molar-refractivity contribution in [3.63, 3.8) is 0 Å². The molecule has 92 valence electrons. The van der Waals surface area contributed by atoms with Gasteiger partial charge in [-0.1, -0.05) is 48.6 Å². The fourth-order valence-corrected chi connectivity index (χ4v) is 2.94. The van der Waals surface area contributed by atoms with Crippen LogP contribution in [0, 0.1) is 19.8 Å². The maximum Gasteiger partial charge on any atom is 0.140 e. The Bertz CT molecular complexity index is 380. The highest BCUT2D eigenvalue weighted by Crippen LogP contribution is 2.25. The molecular formula is C16H22O. The van der Waals surface area contributed by atoms with E-state index in [4.69, 9.17) is 0 Å². The predicted octanol–water partition coefficient (Wildman–Crippen LogP) is 4.00. The highest BCUT2D eigenvalue weighted by atomic mass is 16.1. The lowest BCUT2D eigenvalue weighted by atomic mass is 9.84. The van der Waals surface area contributed by atoms with Crippen LogP contribution < -0.4 is 0 Å². The van der Waals surface area contributed by atoms with E-state index in [9.17, 15) is 4.79 Å². The van der Waals surface area contributed by atoms with Gasteiger partial charge >= 0.3 is 0 Å². The molecular weight excluding hydrogens is 208 g/mol. The molecule has 1 nitrogen and oxygen atoms in total. The highest BCUT2D eigenvalue weighted by molar-refractivity contribution is 5.83. The normalized spacial score (nSPS) is 17.1. The van der Waals surface area contributed by atoms with E-state index < -0.39 is 0 Å². The topological polar surface area (TPSA) is 17.1 Å². The van der Waals surface area contributed by atoms with Crippen LogP contribution in [0.2, 0.25) is 0 Å². The molecule has 1 saturated carbocycles. The first kappa shape index (κ1) is 12.3. The van der Waals surface area contributed by atoms with Crippen molar-refractivity contribution < 1.29 is 4.79 Å². The summed E-state index contributed by atoms with van der Waals surface area (Å²) in [5.41, 5.74) is 3.71. The quantitative estimate of drug-likeness (QED) is 0.767. The monoisotopic (exact) mass is 230 g/mol. The van der Waals surface area contributed by atoms with Gasteiger partial charge in [-0.15, -0.1) is 0 Å². The molecule has 0 N–H and O–H groups in total. The van der Waals surface area contributed by atoms with Crippen LogP contribution in [0.4, 0.5) is 0 Å². The molecule has 0 saturated heterocycles. The molecule has 0 unspecified atom stereocenters. The van der Waals surface area contributed by atoms with Gasteiger partial charge in [0.2, 0.25) is 0 Å². The summed E-state index contributed by atoms with van der Waals surface area (Å²) >= 11 is 0. The third kappa shape index (κ3) is 3.42. The van der Waals surface area contributed by atoms with Gasteiger partial charge in [0, 0.05) is 12.3 Å². The van der Waals surface area contributed by atoms with E-state index in [2.05, 4.69) is 32.0 Å². The Balaban J connectivity index is 2.01. The number of Topliss-reactive ketones (excluding diaryl/α,β-unsaturated/α-hetero) is 1.